The summed E-state index contributed by atoms with van der Waals surface area (Å²) in [6.45, 7) is 6.69. The van der Waals surface area contributed by atoms with Crippen LogP contribution in [0.3, 0.4) is 0 Å². The number of amides is 1. The SMILES string of the molecule is CNCCCC(=O)N1CCC(Oc2cc(C)ccc2C)CC1.Cl. The van der Waals surface area contributed by atoms with Gasteiger partial charge < -0.3 is 15.0 Å². The fraction of sp³-hybridized carbons (Fsp3) is 0.611. The summed E-state index contributed by atoms with van der Waals surface area (Å²) >= 11 is 0. The number of halogens is 1. The summed E-state index contributed by atoms with van der Waals surface area (Å²) in [5, 5.41) is 3.08. The van der Waals surface area contributed by atoms with Crippen molar-refractivity contribution in [2.24, 2.45) is 0 Å². The molecular weight excluding hydrogens is 312 g/mol. The monoisotopic (exact) mass is 340 g/mol. The van der Waals surface area contributed by atoms with Crippen LogP contribution in [0, 0.1) is 13.8 Å². The van der Waals surface area contributed by atoms with Gasteiger partial charge in [-0.1, -0.05) is 12.1 Å². The normalized spacial score (nSPS) is 15.2. The predicted octanol–water partition coefficient (Wildman–Crippen LogP) is 3.09. The van der Waals surface area contributed by atoms with Crippen molar-refractivity contribution in [2.75, 3.05) is 26.7 Å². The van der Waals surface area contributed by atoms with Crippen LogP contribution in [0.4, 0.5) is 0 Å². The summed E-state index contributed by atoms with van der Waals surface area (Å²) in [5.74, 6) is 1.26. The van der Waals surface area contributed by atoms with Crippen LogP contribution >= 0.6 is 12.4 Å². The van der Waals surface area contributed by atoms with Crippen molar-refractivity contribution in [1.82, 2.24) is 10.2 Å². The summed E-state index contributed by atoms with van der Waals surface area (Å²) in [6.07, 6.45) is 3.62. The molecule has 0 bridgehead atoms. The van der Waals surface area contributed by atoms with Gasteiger partial charge in [-0.15, -0.1) is 12.4 Å². The van der Waals surface area contributed by atoms with E-state index in [9.17, 15) is 4.79 Å². The highest BCUT2D eigenvalue weighted by atomic mass is 35.5. The molecule has 1 N–H and O–H groups in total. The Kier molecular flexibility index (Phi) is 8.42. The summed E-state index contributed by atoms with van der Waals surface area (Å²) in [6, 6.07) is 6.31. The minimum Gasteiger partial charge on any atom is -0.490 e. The molecule has 1 aromatic carbocycles. The van der Waals surface area contributed by atoms with Gasteiger partial charge in [0.25, 0.3) is 0 Å². The van der Waals surface area contributed by atoms with Gasteiger partial charge in [0.15, 0.2) is 0 Å². The zero-order valence-corrected chi connectivity index (χ0v) is 15.2. The van der Waals surface area contributed by atoms with Gasteiger partial charge in [0.05, 0.1) is 0 Å². The Morgan fingerprint density at radius 1 is 1.30 bits per heavy atom. The number of nitrogens with zero attached hydrogens (tertiary/aromatic N) is 1. The molecule has 2 rings (SSSR count). The molecule has 5 heteroatoms. The minimum atomic E-state index is 0. The molecular formula is C18H29ClN2O2. The highest BCUT2D eigenvalue weighted by molar-refractivity contribution is 5.85. The summed E-state index contributed by atoms with van der Waals surface area (Å²) in [7, 11) is 1.92. The summed E-state index contributed by atoms with van der Waals surface area (Å²) < 4.78 is 6.15. The predicted molar refractivity (Wildman–Crippen MR) is 96.6 cm³/mol. The highest BCUT2D eigenvalue weighted by Crippen LogP contribution is 2.24. The molecule has 0 atom stereocenters. The van der Waals surface area contributed by atoms with Gasteiger partial charge in [0, 0.05) is 32.4 Å². The topological polar surface area (TPSA) is 41.6 Å². The van der Waals surface area contributed by atoms with E-state index in [0.29, 0.717) is 6.42 Å². The van der Waals surface area contributed by atoms with Gasteiger partial charge in [-0.2, -0.15) is 0 Å². The molecule has 1 saturated heterocycles. The quantitative estimate of drug-likeness (QED) is 0.809. The summed E-state index contributed by atoms with van der Waals surface area (Å²) in [4.78, 5) is 14.1. The van der Waals surface area contributed by atoms with Gasteiger partial charge in [0.1, 0.15) is 11.9 Å². The molecule has 0 aliphatic carbocycles. The molecule has 1 amide bonds. The molecule has 1 aliphatic rings. The lowest BCUT2D eigenvalue weighted by atomic mass is 10.1. The third kappa shape index (κ3) is 6.04. The Bertz CT molecular complexity index is 500. The number of carbonyl (C=O) groups excluding carboxylic acids is 1. The molecule has 0 unspecified atom stereocenters. The van der Waals surface area contributed by atoms with Crippen LogP contribution in [0.15, 0.2) is 18.2 Å². The maximum Gasteiger partial charge on any atom is 0.222 e. The minimum absolute atomic E-state index is 0. The zero-order chi connectivity index (χ0) is 15.9. The van der Waals surface area contributed by atoms with Gasteiger partial charge in [-0.3, -0.25) is 4.79 Å². The highest BCUT2D eigenvalue weighted by Gasteiger charge is 2.23. The molecule has 0 aromatic heterocycles. The zero-order valence-electron chi connectivity index (χ0n) is 14.4. The van der Waals surface area contributed by atoms with Crippen molar-refractivity contribution < 1.29 is 9.53 Å². The van der Waals surface area contributed by atoms with Gasteiger partial charge in [-0.25, -0.2) is 0 Å². The Morgan fingerprint density at radius 2 is 2.00 bits per heavy atom. The Labute approximate surface area is 146 Å². The number of rotatable bonds is 6. The second-order valence-electron chi connectivity index (χ2n) is 6.17. The Hall–Kier alpha value is -1.26. The number of aryl methyl sites for hydroxylation is 2. The van der Waals surface area contributed by atoms with Crippen LogP contribution < -0.4 is 10.1 Å². The first-order valence-electron chi connectivity index (χ1n) is 8.26. The van der Waals surface area contributed by atoms with Crippen LogP contribution in [0.1, 0.15) is 36.8 Å². The van der Waals surface area contributed by atoms with E-state index in [4.69, 9.17) is 4.74 Å². The number of hydrogen-bond acceptors (Lipinski definition) is 3. The average molecular weight is 341 g/mol. The first-order chi connectivity index (χ1) is 10.6. The number of nitrogens with one attached hydrogen (secondary N) is 1. The van der Waals surface area contributed by atoms with Crippen molar-refractivity contribution in [2.45, 2.75) is 45.6 Å². The summed E-state index contributed by atoms with van der Waals surface area (Å²) in [5.41, 5.74) is 2.40. The molecule has 0 saturated carbocycles. The lowest BCUT2D eigenvalue weighted by Gasteiger charge is -2.32. The van der Waals surface area contributed by atoms with Crippen molar-refractivity contribution in [3.05, 3.63) is 29.3 Å². The second kappa shape index (κ2) is 9.78. The first-order valence-corrected chi connectivity index (χ1v) is 8.26. The van der Waals surface area contributed by atoms with E-state index in [0.717, 1.165) is 44.6 Å². The van der Waals surface area contributed by atoms with Crippen LogP contribution in [-0.2, 0) is 4.79 Å². The maximum absolute atomic E-state index is 12.1. The number of likely N-dealkylation sites (tertiary alicyclic amines) is 1. The van der Waals surface area contributed by atoms with Crippen molar-refractivity contribution >= 4 is 18.3 Å². The Morgan fingerprint density at radius 3 is 2.65 bits per heavy atom. The van der Waals surface area contributed by atoms with Crippen molar-refractivity contribution in [3.63, 3.8) is 0 Å². The number of carbonyl (C=O) groups is 1. The molecule has 1 fully saturated rings. The van der Waals surface area contributed by atoms with E-state index in [1.54, 1.807) is 0 Å². The average Bonchev–Trinajstić information content (AvgIpc) is 2.52. The van der Waals surface area contributed by atoms with E-state index in [1.807, 2.05) is 11.9 Å². The van der Waals surface area contributed by atoms with Crippen LogP contribution in [0.5, 0.6) is 5.75 Å². The van der Waals surface area contributed by atoms with E-state index in [1.165, 1.54) is 11.1 Å². The number of ether oxygens (including phenoxy) is 1. The smallest absolute Gasteiger partial charge is 0.222 e. The van der Waals surface area contributed by atoms with Gasteiger partial charge in [0.2, 0.25) is 5.91 Å². The lowest BCUT2D eigenvalue weighted by molar-refractivity contribution is -0.133. The largest absolute Gasteiger partial charge is 0.490 e. The van der Waals surface area contributed by atoms with Crippen molar-refractivity contribution in [3.8, 4) is 5.75 Å². The van der Waals surface area contributed by atoms with Crippen LogP contribution in [0.25, 0.3) is 0 Å². The van der Waals surface area contributed by atoms with E-state index in [-0.39, 0.29) is 24.4 Å². The fourth-order valence-electron chi connectivity index (χ4n) is 2.81. The first kappa shape index (κ1) is 19.8. The number of benzene rings is 1. The second-order valence-corrected chi connectivity index (χ2v) is 6.17. The number of piperidine rings is 1. The Balaban J connectivity index is 0.00000264. The fourth-order valence-corrected chi connectivity index (χ4v) is 2.81. The maximum atomic E-state index is 12.1. The molecule has 1 aliphatic heterocycles. The molecule has 0 spiro atoms. The molecule has 23 heavy (non-hydrogen) atoms. The van der Waals surface area contributed by atoms with E-state index in [2.05, 4.69) is 37.4 Å². The van der Waals surface area contributed by atoms with Crippen LogP contribution in [-0.4, -0.2) is 43.6 Å². The standard InChI is InChI=1S/C18H28N2O2.ClH/c1-14-6-7-15(2)17(13-14)22-16-8-11-20(12-9-16)18(21)5-4-10-19-3;/h6-7,13,16,19H,4-5,8-12H2,1-3H3;1H. The van der Waals surface area contributed by atoms with E-state index >= 15 is 0 Å². The molecule has 1 heterocycles. The van der Waals surface area contributed by atoms with Crippen LogP contribution in [0.2, 0.25) is 0 Å². The molecule has 4 nitrogen and oxygen atoms in total. The third-order valence-electron chi connectivity index (χ3n) is 4.25. The van der Waals surface area contributed by atoms with Gasteiger partial charge in [-0.05, 0) is 51.1 Å². The third-order valence-corrected chi connectivity index (χ3v) is 4.25. The van der Waals surface area contributed by atoms with Crippen molar-refractivity contribution in [1.29, 1.82) is 0 Å². The van der Waals surface area contributed by atoms with Gasteiger partial charge >= 0.3 is 0 Å². The molecule has 1 aromatic rings. The molecule has 0 radical (unpaired) electrons. The van der Waals surface area contributed by atoms with E-state index < -0.39 is 0 Å². The lowest BCUT2D eigenvalue weighted by Crippen LogP contribution is -2.41. The number of hydrogen-bond donors (Lipinski definition) is 1. The molecule has 130 valence electrons.